The highest BCUT2D eigenvalue weighted by molar-refractivity contribution is 6.06. The van der Waals surface area contributed by atoms with Crippen LogP contribution in [0.4, 0.5) is 5.69 Å². The molecule has 1 aromatic heterocycles. The number of amides is 1. The molecule has 3 aromatic rings. The molecule has 31 heavy (non-hydrogen) atoms. The first-order valence-corrected chi connectivity index (χ1v) is 10.7. The number of hydrogen-bond donors (Lipinski definition) is 1. The normalized spacial score (nSPS) is 14.7. The van der Waals surface area contributed by atoms with Crippen molar-refractivity contribution in [2.75, 3.05) is 18.4 Å². The number of aryl methyl sites for hydroxylation is 1. The second-order valence-electron chi connectivity index (χ2n) is 7.95. The van der Waals surface area contributed by atoms with E-state index in [0.29, 0.717) is 17.8 Å². The summed E-state index contributed by atoms with van der Waals surface area (Å²) in [6.45, 7) is 8.15. The molecule has 0 spiro atoms. The van der Waals surface area contributed by atoms with Gasteiger partial charge in [-0.1, -0.05) is 42.8 Å². The molecule has 0 bridgehead atoms. The highest BCUT2D eigenvalue weighted by Crippen LogP contribution is 2.29. The van der Waals surface area contributed by atoms with Gasteiger partial charge in [0.2, 0.25) is 0 Å². The molecule has 6 nitrogen and oxygen atoms in total. The SMILES string of the molecule is CCN1CCc2nc3ccccc3c(C(=O)OC(C)C(=O)Nc3ccc(C)cc3)c2C1. The van der Waals surface area contributed by atoms with Gasteiger partial charge in [-0.05, 0) is 38.6 Å². The standard InChI is InChI=1S/C25H27N3O3/c1-4-28-14-13-22-20(15-28)23(19-7-5-6-8-21(19)27-22)25(30)31-17(3)24(29)26-18-11-9-16(2)10-12-18/h5-12,17H,4,13-15H2,1-3H3,(H,26,29). The molecule has 2 aromatic carbocycles. The molecule has 1 amide bonds. The lowest BCUT2D eigenvalue weighted by atomic mass is 9.95. The molecule has 1 N–H and O–H groups in total. The minimum atomic E-state index is -0.928. The Kier molecular flexibility index (Phi) is 6.00. The van der Waals surface area contributed by atoms with E-state index < -0.39 is 12.1 Å². The zero-order chi connectivity index (χ0) is 22.0. The lowest BCUT2D eigenvalue weighted by Crippen LogP contribution is -2.34. The van der Waals surface area contributed by atoms with Crippen molar-refractivity contribution in [3.8, 4) is 0 Å². The summed E-state index contributed by atoms with van der Waals surface area (Å²) in [5.41, 5.74) is 4.91. The Morgan fingerprint density at radius 3 is 2.65 bits per heavy atom. The lowest BCUT2D eigenvalue weighted by Gasteiger charge is -2.29. The lowest BCUT2D eigenvalue weighted by molar-refractivity contribution is -0.123. The van der Waals surface area contributed by atoms with Crippen molar-refractivity contribution < 1.29 is 14.3 Å². The maximum absolute atomic E-state index is 13.3. The van der Waals surface area contributed by atoms with E-state index in [2.05, 4.69) is 17.1 Å². The number of ether oxygens (including phenoxy) is 1. The third-order valence-corrected chi connectivity index (χ3v) is 5.75. The van der Waals surface area contributed by atoms with E-state index in [1.54, 1.807) is 6.92 Å². The van der Waals surface area contributed by atoms with Gasteiger partial charge in [0, 0.05) is 41.8 Å². The van der Waals surface area contributed by atoms with Crippen molar-refractivity contribution in [3.63, 3.8) is 0 Å². The molecule has 0 saturated carbocycles. The molecule has 160 valence electrons. The molecule has 0 aliphatic carbocycles. The van der Waals surface area contributed by atoms with Gasteiger partial charge in [0.25, 0.3) is 5.91 Å². The van der Waals surface area contributed by atoms with Crippen molar-refractivity contribution in [1.82, 2.24) is 9.88 Å². The monoisotopic (exact) mass is 417 g/mol. The maximum atomic E-state index is 13.3. The van der Waals surface area contributed by atoms with Crippen LogP contribution < -0.4 is 5.32 Å². The van der Waals surface area contributed by atoms with Crippen molar-refractivity contribution >= 4 is 28.5 Å². The topological polar surface area (TPSA) is 71.5 Å². The number of likely N-dealkylation sites (N-methyl/N-ethyl adjacent to an activating group) is 1. The van der Waals surface area contributed by atoms with Crippen LogP contribution >= 0.6 is 0 Å². The van der Waals surface area contributed by atoms with Crippen LogP contribution in [-0.4, -0.2) is 41.0 Å². The molecule has 0 radical (unpaired) electrons. The number of anilines is 1. The van der Waals surface area contributed by atoms with Crippen LogP contribution in [0.3, 0.4) is 0 Å². The summed E-state index contributed by atoms with van der Waals surface area (Å²) in [6.07, 6.45) is -0.139. The minimum Gasteiger partial charge on any atom is -0.449 e. The Balaban J connectivity index is 1.61. The smallest absolute Gasteiger partial charge is 0.339 e. The number of nitrogens with one attached hydrogen (secondary N) is 1. The van der Waals surface area contributed by atoms with E-state index in [-0.39, 0.29) is 5.91 Å². The fourth-order valence-electron chi connectivity index (χ4n) is 3.90. The molecule has 4 rings (SSSR count). The van der Waals surface area contributed by atoms with Crippen LogP contribution in [-0.2, 0) is 22.5 Å². The first-order chi connectivity index (χ1) is 15.0. The minimum absolute atomic E-state index is 0.361. The second-order valence-corrected chi connectivity index (χ2v) is 7.95. The molecule has 1 unspecified atom stereocenters. The number of benzene rings is 2. The number of rotatable bonds is 5. The van der Waals surface area contributed by atoms with Crippen LogP contribution in [0.2, 0.25) is 0 Å². The van der Waals surface area contributed by atoms with E-state index in [4.69, 9.17) is 9.72 Å². The zero-order valence-electron chi connectivity index (χ0n) is 18.1. The molecular formula is C25H27N3O3. The summed E-state index contributed by atoms with van der Waals surface area (Å²) < 4.78 is 5.64. The van der Waals surface area contributed by atoms with Crippen LogP contribution in [0.5, 0.6) is 0 Å². The van der Waals surface area contributed by atoms with Gasteiger partial charge in [-0.15, -0.1) is 0 Å². The Hall–Kier alpha value is -3.25. The summed E-state index contributed by atoms with van der Waals surface area (Å²) in [5, 5.41) is 3.56. The van der Waals surface area contributed by atoms with E-state index in [1.165, 1.54) is 0 Å². The number of fused-ring (bicyclic) bond motifs is 2. The second kappa shape index (κ2) is 8.86. The van der Waals surface area contributed by atoms with Crippen LogP contribution in [0.1, 0.15) is 41.0 Å². The van der Waals surface area contributed by atoms with E-state index >= 15 is 0 Å². The quantitative estimate of drug-likeness (QED) is 0.633. The van der Waals surface area contributed by atoms with E-state index in [0.717, 1.165) is 47.2 Å². The molecule has 1 aliphatic rings. The summed E-state index contributed by atoms with van der Waals surface area (Å²) in [5.74, 6) is -0.848. The fraction of sp³-hybridized carbons (Fsp3) is 0.320. The number of aromatic nitrogens is 1. The number of para-hydroxylation sites is 1. The third kappa shape index (κ3) is 4.44. The average Bonchev–Trinajstić information content (AvgIpc) is 2.78. The van der Waals surface area contributed by atoms with E-state index in [9.17, 15) is 9.59 Å². The van der Waals surface area contributed by atoms with Gasteiger partial charge in [-0.2, -0.15) is 0 Å². The zero-order valence-corrected chi connectivity index (χ0v) is 18.1. The highest BCUT2D eigenvalue weighted by atomic mass is 16.5. The summed E-state index contributed by atoms with van der Waals surface area (Å²) in [6, 6.07) is 15.1. The van der Waals surface area contributed by atoms with Gasteiger partial charge < -0.3 is 10.1 Å². The number of carbonyl (C=O) groups is 2. The van der Waals surface area contributed by atoms with Crippen molar-refractivity contribution in [1.29, 1.82) is 0 Å². The summed E-state index contributed by atoms with van der Waals surface area (Å²) in [7, 11) is 0. The van der Waals surface area contributed by atoms with Crippen molar-refractivity contribution in [3.05, 3.63) is 70.9 Å². The van der Waals surface area contributed by atoms with Gasteiger partial charge in [0.1, 0.15) is 0 Å². The van der Waals surface area contributed by atoms with Gasteiger partial charge in [0.15, 0.2) is 6.10 Å². The number of nitrogens with zero attached hydrogens (tertiary/aromatic N) is 2. The average molecular weight is 418 g/mol. The third-order valence-electron chi connectivity index (χ3n) is 5.75. The number of hydrogen-bond acceptors (Lipinski definition) is 5. The van der Waals surface area contributed by atoms with Crippen LogP contribution in [0, 0.1) is 6.92 Å². The van der Waals surface area contributed by atoms with E-state index in [1.807, 2.05) is 55.5 Å². The van der Waals surface area contributed by atoms with Crippen LogP contribution in [0.25, 0.3) is 10.9 Å². The van der Waals surface area contributed by atoms with Gasteiger partial charge in [0.05, 0.1) is 11.1 Å². The van der Waals surface area contributed by atoms with Gasteiger partial charge in [-0.25, -0.2) is 4.79 Å². The predicted octanol–water partition coefficient (Wildman–Crippen LogP) is 4.11. The molecule has 0 fully saturated rings. The summed E-state index contributed by atoms with van der Waals surface area (Å²) in [4.78, 5) is 33.0. The Morgan fingerprint density at radius 1 is 1.16 bits per heavy atom. The van der Waals surface area contributed by atoms with Crippen molar-refractivity contribution in [2.45, 2.75) is 39.8 Å². The van der Waals surface area contributed by atoms with Gasteiger partial charge >= 0.3 is 5.97 Å². The number of carbonyl (C=O) groups excluding carboxylic acids is 2. The molecule has 6 heteroatoms. The highest BCUT2D eigenvalue weighted by Gasteiger charge is 2.28. The summed E-state index contributed by atoms with van der Waals surface area (Å²) >= 11 is 0. The fourth-order valence-corrected chi connectivity index (χ4v) is 3.90. The largest absolute Gasteiger partial charge is 0.449 e. The van der Waals surface area contributed by atoms with Gasteiger partial charge in [-0.3, -0.25) is 14.7 Å². The molecule has 0 saturated heterocycles. The predicted molar refractivity (Wildman–Crippen MR) is 121 cm³/mol. The Labute approximate surface area is 182 Å². The number of esters is 1. The first-order valence-electron chi connectivity index (χ1n) is 10.7. The molecule has 2 heterocycles. The molecule has 1 atom stereocenters. The Bertz CT molecular complexity index is 1120. The molecular weight excluding hydrogens is 390 g/mol. The maximum Gasteiger partial charge on any atom is 0.339 e. The molecule has 1 aliphatic heterocycles. The number of pyridine rings is 1. The first kappa shape index (κ1) is 21.0. The Morgan fingerprint density at radius 2 is 1.90 bits per heavy atom. The van der Waals surface area contributed by atoms with Crippen LogP contribution in [0.15, 0.2) is 48.5 Å². The van der Waals surface area contributed by atoms with Crippen molar-refractivity contribution in [2.24, 2.45) is 0 Å².